The Morgan fingerprint density at radius 1 is 1.11 bits per heavy atom. The number of non-ortho nitro benzene ring substituents is 1. The minimum atomic E-state index is -1.38. The van der Waals surface area contributed by atoms with Gasteiger partial charge in [0.25, 0.3) is 5.69 Å². The van der Waals surface area contributed by atoms with Crippen LogP contribution in [0.5, 0.6) is 5.75 Å². The van der Waals surface area contributed by atoms with Gasteiger partial charge in [-0.3, -0.25) is 10.1 Å². The summed E-state index contributed by atoms with van der Waals surface area (Å²) < 4.78 is 10.5. The van der Waals surface area contributed by atoms with Crippen molar-refractivity contribution in [1.82, 2.24) is 0 Å². The van der Waals surface area contributed by atoms with E-state index in [1.54, 1.807) is 12.1 Å². The monoisotopic (exact) mass is 387 g/mol. The van der Waals surface area contributed by atoms with Crippen molar-refractivity contribution in [3.05, 3.63) is 57.6 Å². The molecule has 146 valence electrons. The zero-order chi connectivity index (χ0) is 20.3. The van der Waals surface area contributed by atoms with Gasteiger partial charge < -0.3 is 25.2 Å². The van der Waals surface area contributed by atoms with Gasteiger partial charge in [0.2, 0.25) is 0 Å². The first-order valence-electron chi connectivity index (χ1n) is 8.32. The summed E-state index contributed by atoms with van der Waals surface area (Å²) in [5.41, 5.74) is 6.25. The molecular weight excluding hydrogens is 370 g/mol. The molecule has 28 heavy (non-hydrogen) atoms. The summed E-state index contributed by atoms with van der Waals surface area (Å²) in [7, 11) is 0. The van der Waals surface area contributed by atoms with E-state index in [0.717, 1.165) is 23.9 Å². The maximum atomic E-state index is 12.5. The van der Waals surface area contributed by atoms with E-state index in [1.165, 1.54) is 6.07 Å². The minimum Gasteiger partial charge on any atom is -0.478 e. The number of esters is 1. The highest BCUT2D eigenvalue weighted by molar-refractivity contribution is 5.94. The molecule has 10 nitrogen and oxygen atoms in total. The van der Waals surface area contributed by atoms with Crippen molar-refractivity contribution < 1.29 is 29.1 Å². The van der Waals surface area contributed by atoms with E-state index >= 15 is 0 Å². The number of nitro groups is 1. The first-order valence-corrected chi connectivity index (χ1v) is 8.32. The molecule has 1 fully saturated rings. The molecule has 1 aliphatic heterocycles. The van der Waals surface area contributed by atoms with Crippen molar-refractivity contribution in [3.8, 4) is 5.75 Å². The third-order valence-electron chi connectivity index (χ3n) is 4.11. The van der Waals surface area contributed by atoms with Crippen LogP contribution in [0.4, 0.5) is 17.1 Å². The van der Waals surface area contributed by atoms with Crippen LogP contribution in [-0.2, 0) is 4.74 Å². The van der Waals surface area contributed by atoms with Crippen molar-refractivity contribution in [3.63, 3.8) is 0 Å². The Bertz CT molecular complexity index is 907. The fraction of sp³-hybridized carbons (Fsp3) is 0.222. The van der Waals surface area contributed by atoms with Crippen molar-refractivity contribution in [1.29, 1.82) is 0 Å². The fourth-order valence-corrected chi connectivity index (χ4v) is 2.79. The molecule has 0 aliphatic carbocycles. The van der Waals surface area contributed by atoms with Crippen LogP contribution in [0.3, 0.4) is 0 Å². The molecule has 1 heterocycles. The molecular formula is C18H17N3O7. The van der Waals surface area contributed by atoms with E-state index < -0.39 is 22.5 Å². The number of anilines is 2. The van der Waals surface area contributed by atoms with Gasteiger partial charge in [0.15, 0.2) is 0 Å². The van der Waals surface area contributed by atoms with Crippen LogP contribution < -0.4 is 15.4 Å². The smallest absolute Gasteiger partial charge is 0.343 e. The first-order chi connectivity index (χ1) is 13.3. The van der Waals surface area contributed by atoms with Gasteiger partial charge in [0.1, 0.15) is 5.75 Å². The predicted octanol–water partition coefficient (Wildman–Crippen LogP) is 1.93. The highest BCUT2D eigenvalue weighted by Crippen LogP contribution is 2.26. The van der Waals surface area contributed by atoms with Gasteiger partial charge in [-0.25, -0.2) is 9.59 Å². The number of hydrogen-bond acceptors (Lipinski definition) is 8. The lowest BCUT2D eigenvalue weighted by Crippen LogP contribution is -2.36. The Morgan fingerprint density at radius 3 is 2.46 bits per heavy atom. The van der Waals surface area contributed by atoms with Crippen LogP contribution in [0.2, 0.25) is 0 Å². The highest BCUT2D eigenvalue weighted by atomic mass is 16.6. The van der Waals surface area contributed by atoms with Gasteiger partial charge in [0.05, 0.1) is 35.3 Å². The summed E-state index contributed by atoms with van der Waals surface area (Å²) in [5, 5.41) is 20.1. The van der Waals surface area contributed by atoms with E-state index in [4.69, 9.17) is 20.3 Å². The quantitative estimate of drug-likeness (QED) is 0.258. The normalized spacial score (nSPS) is 13.8. The summed E-state index contributed by atoms with van der Waals surface area (Å²) in [6.45, 7) is 2.40. The molecule has 0 atom stereocenters. The Morgan fingerprint density at radius 2 is 1.82 bits per heavy atom. The van der Waals surface area contributed by atoms with E-state index in [-0.39, 0.29) is 16.9 Å². The van der Waals surface area contributed by atoms with Gasteiger partial charge in [0, 0.05) is 30.5 Å². The molecule has 2 aromatic carbocycles. The number of carboxylic acids is 1. The molecule has 2 aromatic rings. The number of nitrogen functional groups attached to an aromatic ring is 1. The number of carbonyl (C=O) groups excluding carboxylic acids is 1. The molecule has 0 spiro atoms. The average Bonchev–Trinajstić information content (AvgIpc) is 2.67. The second-order valence-electron chi connectivity index (χ2n) is 6.08. The lowest BCUT2D eigenvalue weighted by molar-refractivity contribution is -0.384. The summed E-state index contributed by atoms with van der Waals surface area (Å²) >= 11 is 0. The van der Waals surface area contributed by atoms with Gasteiger partial charge in [-0.1, -0.05) is 0 Å². The van der Waals surface area contributed by atoms with Gasteiger partial charge in [-0.15, -0.1) is 0 Å². The van der Waals surface area contributed by atoms with Crippen LogP contribution in [-0.4, -0.2) is 48.3 Å². The standard InChI is InChI=1S/C18H17N3O7/c19-13-5-12(7-14(9-13)20-1-3-27-4-2-20)18(24)28-16-8-11(17(22)23)6-15(10-16)21(25)26/h5-10H,1-4,19H2,(H,22,23). The van der Waals surface area contributed by atoms with Crippen molar-refractivity contribution >= 4 is 29.0 Å². The Balaban J connectivity index is 1.87. The number of nitrogens with two attached hydrogens (primary N) is 1. The van der Waals surface area contributed by atoms with Gasteiger partial charge >= 0.3 is 11.9 Å². The molecule has 3 N–H and O–H groups in total. The Hall–Kier alpha value is -3.66. The summed E-state index contributed by atoms with van der Waals surface area (Å²) in [5.74, 6) is -2.43. The number of rotatable bonds is 5. The Labute approximate surface area is 159 Å². The van der Waals surface area contributed by atoms with Crippen LogP contribution in [0.25, 0.3) is 0 Å². The predicted molar refractivity (Wildman–Crippen MR) is 98.9 cm³/mol. The summed E-state index contributed by atoms with van der Waals surface area (Å²) in [4.78, 5) is 35.9. The summed E-state index contributed by atoms with van der Waals surface area (Å²) in [6.07, 6.45) is 0. The zero-order valence-corrected chi connectivity index (χ0v) is 14.7. The number of morpholine rings is 1. The first kappa shape index (κ1) is 19.1. The number of carbonyl (C=O) groups is 2. The molecule has 10 heteroatoms. The molecule has 0 radical (unpaired) electrons. The lowest BCUT2D eigenvalue weighted by Gasteiger charge is -2.29. The summed E-state index contributed by atoms with van der Waals surface area (Å²) in [6, 6.07) is 7.65. The van der Waals surface area contributed by atoms with Gasteiger partial charge in [-0.05, 0) is 24.3 Å². The van der Waals surface area contributed by atoms with Crippen LogP contribution in [0.1, 0.15) is 20.7 Å². The lowest BCUT2D eigenvalue weighted by atomic mass is 10.1. The minimum absolute atomic E-state index is 0.143. The Kier molecular flexibility index (Phi) is 5.41. The number of carboxylic acid groups (broad SMARTS) is 1. The van der Waals surface area contributed by atoms with Crippen molar-refractivity contribution in [2.24, 2.45) is 0 Å². The number of nitro benzene ring substituents is 1. The van der Waals surface area contributed by atoms with E-state index in [9.17, 15) is 19.7 Å². The maximum Gasteiger partial charge on any atom is 0.343 e. The molecule has 3 rings (SSSR count). The molecule has 1 saturated heterocycles. The number of nitrogens with zero attached hydrogens (tertiary/aromatic N) is 2. The van der Waals surface area contributed by atoms with Crippen LogP contribution >= 0.6 is 0 Å². The SMILES string of the molecule is Nc1cc(C(=O)Oc2cc(C(=O)O)cc([N+](=O)[O-])c2)cc(N2CCOCC2)c1. The fourth-order valence-electron chi connectivity index (χ4n) is 2.79. The number of hydrogen-bond donors (Lipinski definition) is 2. The van der Waals surface area contributed by atoms with E-state index in [0.29, 0.717) is 32.0 Å². The number of ether oxygens (including phenoxy) is 2. The van der Waals surface area contributed by atoms with Crippen molar-refractivity contribution in [2.45, 2.75) is 0 Å². The average molecular weight is 387 g/mol. The van der Waals surface area contributed by atoms with Crippen molar-refractivity contribution in [2.75, 3.05) is 36.9 Å². The van der Waals surface area contributed by atoms with Gasteiger partial charge in [-0.2, -0.15) is 0 Å². The van der Waals surface area contributed by atoms with E-state index in [2.05, 4.69) is 0 Å². The highest BCUT2D eigenvalue weighted by Gasteiger charge is 2.19. The topological polar surface area (TPSA) is 145 Å². The molecule has 0 amide bonds. The maximum absolute atomic E-state index is 12.5. The molecule has 0 aromatic heterocycles. The second-order valence-corrected chi connectivity index (χ2v) is 6.08. The third kappa shape index (κ3) is 4.35. The van der Waals surface area contributed by atoms with Crippen LogP contribution in [0, 0.1) is 10.1 Å². The molecule has 0 saturated carbocycles. The van der Waals surface area contributed by atoms with E-state index in [1.807, 2.05) is 4.90 Å². The number of benzene rings is 2. The largest absolute Gasteiger partial charge is 0.478 e. The zero-order valence-electron chi connectivity index (χ0n) is 14.7. The molecule has 0 bridgehead atoms. The molecule has 0 unspecified atom stereocenters. The second kappa shape index (κ2) is 7.92. The third-order valence-corrected chi connectivity index (χ3v) is 4.11. The number of aromatic carboxylic acids is 1. The molecule has 1 aliphatic rings. The van der Waals surface area contributed by atoms with Crippen LogP contribution in [0.15, 0.2) is 36.4 Å².